The quantitative estimate of drug-likeness (QED) is 0.473. The van der Waals surface area contributed by atoms with Crippen LogP contribution in [0.5, 0.6) is 0 Å². The van der Waals surface area contributed by atoms with Gasteiger partial charge in [-0.05, 0) is 18.1 Å². The first-order valence-electron chi connectivity index (χ1n) is 3.67. The van der Waals surface area contributed by atoms with Crippen LogP contribution < -0.4 is 0 Å². The summed E-state index contributed by atoms with van der Waals surface area (Å²) in [5.41, 5.74) is 1.81. The molecule has 0 aromatic rings. The van der Waals surface area contributed by atoms with Gasteiger partial charge in [0, 0.05) is 0 Å². The summed E-state index contributed by atoms with van der Waals surface area (Å²) in [6, 6.07) is 0. The Kier molecular flexibility index (Phi) is 4.77. The Morgan fingerprint density at radius 3 is 2.33 bits per heavy atom. The van der Waals surface area contributed by atoms with Crippen LogP contribution in [0.2, 0.25) is 0 Å². The lowest BCUT2D eigenvalue weighted by molar-refractivity contribution is -0.139. The summed E-state index contributed by atoms with van der Waals surface area (Å²) in [6.07, 6.45) is 3.60. The first kappa shape index (κ1) is 10.7. The van der Waals surface area contributed by atoms with Crippen molar-refractivity contribution in [2.75, 3.05) is 7.11 Å². The molecule has 2 nitrogen and oxygen atoms in total. The van der Waals surface area contributed by atoms with Gasteiger partial charge < -0.3 is 4.74 Å². The van der Waals surface area contributed by atoms with Crippen molar-refractivity contribution in [3.8, 4) is 0 Å². The van der Waals surface area contributed by atoms with Crippen LogP contribution in [0, 0.1) is 0 Å². The summed E-state index contributed by atoms with van der Waals surface area (Å²) in [5, 5.41) is 0. The fraction of sp³-hybridized carbons (Fsp3) is 0.300. The molecule has 0 saturated heterocycles. The van der Waals surface area contributed by atoms with E-state index in [1.807, 2.05) is 6.92 Å². The molecule has 0 atom stereocenters. The summed E-state index contributed by atoms with van der Waals surface area (Å²) in [7, 11) is 1.37. The van der Waals surface area contributed by atoms with Gasteiger partial charge >= 0.3 is 5.97 Å². The number of rotatable bonds is 4. The van der Waals surface area contributed by atoms with E-state index in [-0.39, 0.29) is 12.4 Å². The van der Waals surface area contributed by atoms with Gasteiger partial charge in [0.05, 0.1) is 13.5 Å². The highest BCUT2D eigenvalue weighted by molar-refractivity contribution is 5.73. The minimum atomic E-state index is -0.258. The average molecular weight is 166 g/mol. The van der Waals surface area contributed by atoms with E-state index < -0.39 is 0 Å². The standard InChI is InChI=1S/C10H14O2/c1-5-8(3)9(6-2)7-10(11)12-4/h5-6H,1-2,7H2,3-4H3/b9-8+. The van der Waals surface area contributed by atoms with E-state index in [4.69, 9.17) is 0 Å². The Balaban J connectivity index is 4.47. The zero-order valence-corrected chi connectivity index (χ0v) is 7.59. The number of carbonyl (C=O) groups is 1. The highest BCUT2D eigenvalue weighted by Gasteiger charge is 2.03. The number of hydrogen-bond donors (Lipinski definition) is 0. The van der Waals surface area contributed by atoms with Crippen LogP contribution in [-0.4, -0.2) is 13.1 Å². The number of allylic oxidation sites excluding steroid dienone is 3. The van der Waals surface area contributed by atoms with Crippen molar-refractivity contribution in [1.29, 1.82) is 0 Å². The fourth-order valence-corrected chi connectivity index (χ4v) is 0.731. The van der Waals surface area contributed by atoms with Crippen molar-refractivity contribution in [2.24, 2.45) is 0 Å². The molecule has 66 valence electrons. The molecule has 2 heteroatoms. The predicted octanol–water partition coefficient (Wildman–Crippen LogP) is 2.24. The summed E-state index contributed by atoms with van der Waals surface area (Å²) in [6.45, 7) is 9.09. The number of ether oxygens (including phenoxy) is 1. The van der Waals surface area contributed by atoms with Gasteiger partial charge in [0.25, 0.3) is 0 Å². The molecule has 0 aliphatic rings. The van der Waals surface area contributed by atoms with Crippen LogP contribution in [0.4, 0.5) is 0 Å². The van der Waals surface area contributed by atoms with Gasteiger partial charge in [-0.3, -0.25) is 4.79 Å². The summed E-state index contributed by atoms with van der Waals surface area (Å²) in [4.78, 5) is 10.9. The Hall–Kier alpha value is -1.31. The molecule has 0 aromatic heterocycles. The molecule has 0 fully saturated rings. The highest BCUT2D eigenvalue weighted by Crippen LogP contribution is 2.11. The molecule has 0 aliphatic heterocycles. The molecule has 0 aliphatic carbocycles. The first-order chi connectivity index (χ1) is 5.65. The van der Waals surface area contributed by atoms with E-state index in [9.17, 15) is 4.79 Å². The van der Waals surface area contributed by atoms with Crippen molar-refractivity contribution in [2.45, 2.75) is 13.3 Å². The van der Waals surface area contributed by atoms with Gasteiger partial charge in [-0.25, -0.2) is 0 Å². The summed E-state index contributed by atoms with van der Waals surface area (Å²) >= 11 is 0. The third kappa shape index (κ3) is 3.19. The lowest BCUT2D eigenvalue weighted by Crippen LogP contribution is -2.01. The highest BCUT2D eigenvalue weighted by atomic mass is 16.5. The second-order valence-corrected chi connectivity index (χ2v) is 2.37. The third-order valence-electron chi connectivity index (χ3n) is 1.62. The van der Waals surface area contributed by atoms with Crippen LogP contribution >= 0.6 is 0 Å². The zero-order chi connectivity index (χ0) is 9.56. The molecule has 0 rings (SSSR count). The maximum Gasteiger partial charge on any atom is 0.309 e. The Bertz CT molecular complexity index is 224. The average Bonchev–Trinajstić information content (AvgIpc) is 2.12. The molecule has 0 radical (unpaired) electrons. The molecule has 0 bridgehead atoms. The molecule has 12 heavy (non-hydrogen) atoms. The van der Waals surface area contributed by atoms with E-state index in [2.05, 4.69) is 17.9 Å². The van der Waals surface area contributed by atoms with Crippen molar-refractivity contribution < 1.29 is 9.53 Å². The van der Waals surface area contributed by atoms with Gasteiger partial charge in [0.2, 0.25) is 0 Å². The summed E-state index contributed by atoms with van der Waals surface area (Å²) < 4.78 is 4.52. The Morgan fingerprint density at radius 2 is 2.00 bits per heavy atom. The zero-order valence-electron chi connectivity index (χ0n) is 7.59. The minimum absolute atomic E-state index is 0.258. The Labute approximate surface area is 73.2 Å². The van der Waals surface area contributed by atoms with Gasteiger partial charge in [-0.2, -0.15) is 0 Å². The van der Waals surface area contributed by atoms with Gasteiger partial charge in [0.15, 0.2) is 0 Å². The molecule has 0 unspecified atom stereocenters. The monoisotopic (exact) mass is 166 g/mol. The number of esters is 1. The van der Waals surface area contributed by atoms with Gasteiger partial charge in [-0.15, -0.1) is 0 Å². The van der Waals surface area contributed by atoms with Crippen LogP contribution in [0.1, 0.15) is 13.3 Å². The lowest BCUT2D eigenvalue weighted by Gasteiger charge is -2.02. The number of carbonyl (C=O) groups excluding carboxylic acids is 1. The van der Waals surface area contributed by atoms with Crippen molar-refractivity contribution in [1.82, 2.24) is 0 Å². The first-order valence-corrected chi connectivity index (χ1v) is 3.67. The lowest BCUT2D eigenvalue weighted by atomic mass is 10.1. The van der Waals surface area contributed by atoms with Crippen LogP contribution in [0.3, 0.4) is 0 Å². The van der Waals surface area contributed by atoms with E-state index in [0.717, 1.165) is 11.1 Å². The van der Waals surface area contributed by atoms with E-state index in [1.54, 1.807) is 12.2 Å². The van der Waals surface area contributed by atoms with Crippen LogP contribution in [0.25, 0.3) is 0 Å². The minimum Gasteiger partial charge on any atom is -0.469 e. The van der Waals surface area contributed by atoms with E-state index in [0.29, 0.717) is 0 Å². The van der Waals surface area contributed by atoms with Crippen LogP contribution in [-0.2, 0) is 9.53 Å². The smallest absolute Gasteiger partial charge is 0.309 e. The topological polar surface area (TPSA) is 26.3 Å². The molecule has 0 aromatic carbocycles. The summed E-state index contributed by atoms with van der Waals surface area (Å²) in [5.74, 6) is -0.258. The maximum atomic E-state index is 10.9. The number of methoxy groups -OCH3 is 1. The van der Waals surface area contributed by atoms with E-state index in [1.165, 1.54) is 7.11 Å². The third-order valence-corrected chi connectivity index (χ3v) is 1.62. The largest absolute Gasteiger partial charge is 0.469 e. The number of hydrogen-bond acceptors (Lipinski definition) is 2. The van der Waals surface area contributed by atoms with Crippen molar-refractivity contribution in [3.63, 3.8) is 0 Å². The SMILES string of the molecule is C=C/C(C)=C(\C=C)CC(=O)OC. The normalized spacial score (nSPS) is 11.5. The molecule has 0 saturated carbocycles. The van der Waals surface area contributed by atoms with Crippen molar-refractivity contribution >= 4 is 5.97 Å². The fourth-order valence-electron chi connectivity index (χ4n) is 0.731. The second kappa shape index (κ2) is 5.35. The molecule has 0 amide bonds. The second-order valence-electron chi connectivity index (χ2n) is 2.37. The molecule has 0 heterocycles. The maximum absolute atomic E-state index is 10.9. The van der Waals surface area contributed by atoms with Crippen molar-refractivity contribution in [3.05, 3.63) is 36.5 Å². The molecule has 0 spiro atoms. The Morgan fingerprint density at radius 1 is 1.42 bits per heavy atom. The van der Waals surface area contributed by atoms with Gasteiger partial charge in [0.1, 0.15) is 0 Å². The molecule has 0 N–H and O–H groups in total. The molecular weight excluding hydrogens is 152 g/mol. The van der Waals surface area contributed by atoms with E-state index >= 15 is 0 Å². The van der Waals surface area contributed by atoms with Crippen LogP contribution in [0.15, 0.2) is 36.5 Å². The van der Waals surface area contributed by atoms with Gasteiger partial charge in [-0.1, -0.05) is 25.3 Å². The predicted molar refractivity (Wildman–Crippen MR) is 49.7 cm³/mol. The molecular formula is C10H14O2.